The highest BCUT2D eigenvalue weighted by Gasteiger charge is 2.41. The Morgan fingerprint density at radius 3 is 2.57 bits per heavy atom. The number of fused-ring (bicyclic) bond motifs is 1. The van der Waals surface area contributed by atoms with Gasteiger partial charge in [-0.2, -0.15) is 5.10 Å². The van der Waals surface area contributed by atoms with E-state index in [4.69, 9.17) is 14.6 Å². The normalized spacial score (nSPS) is 17.3. The SMILES string of the molecule is CCCNC(=O)C1CN2N=CN=C(N(C(=O)OCOC(=O)CCC(=O)O)c3cc(C(=O)NC4CC4)ccc3C)C2=C1C. The number of benzene rings is 1. The molecule has 0 spiro atoms. The second-order valence-electron chi connectivity index (χ2n) is 10.2. The molecule has 1 atom stereocenters. The van der Waals surface area contributed by atoms with Crippen molar-refractivity contribution >= 4 is 47.7 Å². The van der Waals surface area contributed by atoms with Crippen LogP contribution >= 0.6 is 0 Å². The first kappa shape index (κ1) is 30.2. The van der Waals surface area contributed by atoms with Gasteiger partial charge in [-0.15, -0.1) is 0 Å². The number of ether oxygens (including phenoxy) is 2. The maximum atomic E-state index is 13.6. The highest BCUT2D eigenvalue weighted by molar-refractivity contribution is 6.24. The monoisotopic (exact) mass is 582 g/mol. The third-order valence-electron chi connectivity index (χ3n) is 6.92. The van der Waals surface area contributed by atoms with E-state index in [0.29, 0.717) is 28.9 Å². The molecule has 1 unspecified atom stereocenters. The van der Waals surface area contributed by atoms with Gasteiger partial charge in [0.05, 0.1) is 31.0 Å². The molecule has 42 heavy (non-hydrogen) atoms. The van der Waals surface area contributed by atoms with Crippen LogP contribution in [-0.2, 0) is 23.9 Å². The zero-order valence-electron chi connectivity index (χ0n) is 23.7. The number of rotatable bonds is 11. The minimum absolute atomic E-state index is 0.110. The zero-order valence-corrected chi connectivity index (χ0v) is 23.7. The number of carbonyl (C=O) groups is 5. The summed E-state index contributed by atoms with van der Waals surface area (Å²) in [6, 6.07) is 5.00. The van der Waals surface area contributed by atoms with Crippen LogP contribution in [0.4, 0.5) is 10.5 Å². The topological polar surface area (TPSA) is 179 Å². The number of nitrogens with zero attached hydrogens (tertiary/aromatic N) is 4. The maximum absolute atomic E-state index is 13.6. The van der Waals surface area contributed by atoms with Crippen LogP contribution in [0.1, 0.15) is 61.9 Å². The van der Waals surface area contributed by atoms with Crippen LogP contribution in [0.15, 0.2) is 39.6 Å². The van der Waals surface area contributed by atoms with Crippen LogP contribution in [-0.4, -0.2) is 78.1 Å². The fourth-order valence-electron chi connectivity index (χ4n) is 4.46. The molecule has 3 N–H and O–H groups in total. The molecule has 1 saturated carbocycles. The molecule has 224 valence electrons. The number of aryl methyl sites for hydroxylation is 1. The predicted molar refractivity (Wildman–Crippen MR) is 151 cm³/mol. The number of aliphatic imine (C=N–C) groups is 1. The Morgan fingerprint density at radius 2 is 1.88 bits per heavy atom. The van der Waals surface area contributed by atoms with Crippen LogP contribution in [0.2, 0.25) is 0 Å². The van der Waals surface area contributed by atoms with Crippen LogP contribution in [0.3, 0.4) is 0 Å². The Hall–Kier alpha value is -4.75. The summed E-state index contributed by atoms with van der Waals surface area (Å²) < 4.78 is 10.2. The van der Waals surface area contributed by atoms with E-state index in [2.05, 4.69) is 20.7 Å². The van der Waals surface area contributed by atoms with Crippen molar-refractivity contribution in [2.45, 2.75) is 58.9 Å². The number of carboxylic acid groups (broad SMARTS) is 1. The Morgan fingerprint density at radius 1 is 1.12 bits per heavy atom. The lowest BCUT2D eigenvalue weighted by atomic mass is 10.0. The molecule has 3 amide bonds. The van der Waals surface area contributed by atoms with Gasteiger partial charge in [-0.05, 0) is 56.4 Å². The van der Waals surface area contributed by atoms with E-state index in [1.54, 1.807) is 37.1 Å². The second-order valence-corrected chi connectivity index (χ2v) is 10.2. The quantitative estimate of drug-likeness (QED) is 0.261. The molecular weight excluding hydrogens is 548 g/mol. The number of carboxylic acids is 1. The molecule has 2 aliphatic heterocycles. The fourth-order valence-corrected chi connectivity index (χ4v) is 4.46. The zero-order chi connectivity index (χ0) is 30.4. The number of amidine groups is 1. The van der Waals surface area contributed by atoms with E-state index < -0.39 is 37.2 Å². The van der Waals surface area contributed by atoms with E-state index in [-0.39, 0.29) is 42.3 Å². The van der Waals surface area contributed by atoms with E-state index in [9.17, 15) is 24.0 Å². The largest absolute Gasteiger partial charge is 0.481 e. The van der Waals surface area contributed by atoms with Gasteiger partial charge in [-0.25, -0.2) is 14.7 Å². The lowest BCUT2D eigenvalue weighted by Gasteiger charge is -2.30. The molecule has 4 rings (SSSR count). The summed E-state index contributed by atoms with van der Waals surface area (Å²) in [6.45, 7) is 5.44. The number of aliphatic carboxylic acids is 1. The number of nitrogens with one attached hydrogen (secondary N) is 2. The third-order valence-corrected chi connectivity index (χ3v) is 6.92. The molecule has 2 heterocycles. The smallest absolute Gasteiger partial charge is 0.423 e. The van der Waals surface area contributed by atoms with Crippen LogP contribution < -0.4 is 15.5 Å². The van der Waals surface area contributed by atoms with Crippen LogP contribution in [0, 0.1) is 12.8 Å². The summed E-state index contributed by atoms with van der Waals surface area (Å²) in [6.07, 6.45) is 2.04. The van der Waals surface area contributed by atoms with Crippen molar-refractivity contribution < 1.29 is 38.6 Å². The van der Waals surface area contributed by atoms with Gasteiger partial charge in [-0.3, -0.25) is 24.2 Å². The van der Waals surface area contributed by atoms with Crippen LogP contribution in [0.25, 0.3) is 0 Å². The summed E-state index contributed by atoms with van der Waals surface area (Å²) in [5, 5.41) is 20.5. The van der Waals surface area contributed by atoms with Gasteiger partial charge in [0.25, 0.3) is 5.91 Å². The molecule has 1 aliphatic carbocycles. The van der Waals surface area contributed by atoms with Crippen LogP contribution in [0.5, 0.6) is 0 Å². The number of esters is 1. The number of anilines is 1. The molecule has 3 aliphatic rings. The average molecular weight is 583 g/mol. The van der Waals surface area contributed by atoms with E-state index in [1.165, 1.54) is 6.34 Å². The number of carbonyl (C=O) groups excluding carboxylic acids is 4. The summed E-state index contributed by atoms with van der Waals surface area (Å²) in [7, 11) is 0. The van der Waals surface area contributed by atoms with E-state index >= 15 is 0 Å². The molecular formula is C28H34N6O8. The molecule has 0 saturated heterocycles. The summed E-state index contributed by atoms with van der Waals surface area (Å²) in [5.41, 5.74) is 2.28. The highest BCUT2D eigenvalue weighted by atomic mass is 16.7. The second kappa shape index (κ2) is 13.3. The van der Waals surface area contributed by atoms with Crippen molar-refractivity contribution in [3.8, 4) is 0 Å². The Balaban J connectivity index is 1.66. The Kier molecular flexibility index (Phi) is 9.55. The third kappa shape index (κ3) is 7.11. The summed E-state index contributed by atoms with van der Waals surface area (Å²) >= 11 is 0. The minimum Gasteiger partial charge on any atom is -0.481 e. The van der Waals surface area contributed by atoms with E-state index in [0.717, 1.165) is 24.2 Å². The summed E-state index contributed by atoms with van der Waals surface area (Å²) in [4.78, 5) is 67.5. The summed E-state index contributed by atoms with van der Waals surface area (Å²) in [5.74, 6) is -2.93. The first-order valence-electron chi connectivity index (χ1n) is 13.7. The number of hydrogen-bond acceptors (Lipinski definition) is 10. The fraction of sp³-hybridized carbons (Fsp3) is 0.464. The van der Waals surface area contributed by atoms with Gasteiger partial charge >= 0.3 is 18.0 Å². The molecule has 0 bridgehead atoms. The number of amides is 3. The van der Waals surface area contributed by atoms with E-state index in [1.807, 2.05) is 6.92 Å². The van der Waals surface area contributed by atoms with Gasteiger partial charge in [0.15, 0.2) is 5.84 Å². The highest BCUT2D eigenvalue weighted by Crippen LogP contribution is 2.35. The first-order chi connectivity index (χ1) is 20.1. The van der Waals surface area contributed by atoms with Crippen molar-refractivity contribution in [3.05, 3.63) is 40.6 Å². The molecule has 14 nitrogen and oxygen atoms in total. The Labute approximate surface area is 242 Å². The lowest BCUT2D eigenvalue weighted by molar-refractivity contribution is -0.154. The van der Waals surface area contributed by atoms with Gasteiger partial charge in [0, 0.05) is 18.2 Å². The Bertz CT molecular complexity index is 1370. The molecule has 1 aromatic carbocycles. The molecule has 0 aromatic heterocycles. The molecule has 1 aromatic rings. The number of hydrazone groups is 1. The minimum atomic E-state index is -1.17. The van der Waals surface area contributed by atoms with Crippen molar-refractivity contribution in [1.82, 2.24) is 15.6 Å². The lowest BCUT2D eigenvalue weighted by Crippen LogP contribution is -2.43. The standard InChI is InChI=1S/C28H34N6O8/c1-4-11-29-27(39)20-13-33-24(17(20)3)25(30-14-31-33)34(28(40)42-15-41-23(37)10-9-22(35)36)21-12-18(6-5-16(21)2)26(38)32-19-7-8-19/h5-6,12,14,19-20H,4,7-11,13,15H2,1-3H3,(H,29,39)(H,32,38)(H,35,36). The van der Waals surface area contributed by atoms with Gasteiger partial charge < -0.3 is 25.2 Å². The molecule has 0 radical (unpaired) electrons. The molecule has 14 heteroatoms. The first-order valence-corrected chi connectivity index (χ1v) is 13.7. The van der Waals surface area contributed by atoms with Crippen molar-refractivity contribution in [1.29, 1.82) is 0 Å². The van der Waals surface area contributed by atoms with Crippen molar-refractivity contribution in [2.24, 2.45) is 16.0 Å². The van der Waals surface area contributed by atoms with Gasteiger partial charge in [-0.1, -0.05) is 13.0 Å². The van der Waals surface area contributed by atoms with Crippen molar-refractivity contribution in [2.75, 3.05) is 24.8 Å². The maximum Gasteiger partial charge on any atom is 0.423 e. The molecule has 1 fully saturated rings. The van der Waals surface area contributed by atoms with Gasteiger partial charge in [0.1, 0.15) is 12.0 Å². The average Bonchev–Trinajstić information content (AvgIpc) is 3.71. The van der Waals surface area contributed by atoms with Crippen molar-refractivity contribution in [3.63, 3.8) is 0 Å². The number of hydrogen-bond donors (Lipinski definition) is 3. The predicted octanol–water partition coefficient (Wildman–Crippen LogP) is 2.28. The van der Waals surface area contributed by atoms with Gasteiger partial charge in [0.2, 0.25) is 12.7 Å².